The highest BCUT2D eigenvalue weighted by molar-refractivity contribution is 5.38. The molecular weight excluding hydrogens is 390 g/mol. The van der Waals surface area contributed by atoms with Crippen molar-refractivity contribution in [2.75, 3.05) is 0 Å². The molecule has 0 radical (unpaired) electrons. The SMILES string of the molecule is CC.CC.Cc1cc(=O)n2cc(F)ccc2n1.Cc1nc2ccccn2c(=O)c1F. The van der Waals surface area contributed by atoms with Crippen molar-refractivity contribution in [2.45, 2.75) is 41.5 Å². The second-order valence-electron chi connectivity index (χ2n) is 5.56. The number of pyridine rings is 2. The Morgan fingerprint density at radius 3 is 2.13 bits per heavy atom. The van der Waals surface area contributed by atoms with Gasteiger partial charge in [0.2, 0.25) is 5.82 Å². The summed E-state index contributed by atoms with van der Waals surface area (Å²) in [5, 5.41) is 0. The Kier molecular flexibility index (Phi) is 9.48. The van der Waals surface area contributed by atoms with Gasteiger partial charge in [-0.2, -0.15) is 4.39 Å². The molecule has 0 aliphatic carbocycles. The van der Waals surface area contributed by atoms with Gasteiger partial charge < -0.3 is 0 Å². The fraction of sp³-hybridized carbons (Fsp3) is 0.273. The predicted octanol–water partition coefficient (Wildman–Crippen LogP) is 4.34. The maximum absolute atomic E-state index is 13.1. The summed E-state index contributed by atoms with van der Waals surface area (Å²) < 4.78 is 28.2. The van der Waals surface area contributed by atoms with E-state index in [1.165, 1.54) is 40.1 Å². The first-order chi connectivity index (χ1) is 14.4. The van der Waals surface area contributed by atoms with Crippen molar-refractivity contribution in [3.8, 4) is 0 Å². The molecule has 0 saturated carbocycles. The van der Waals surface area contributed by atoms with E-state index < -0.39 is 17.2 Å². The van der Waals surface area contributed by atoms with Gasteiger partial charge in [0.1, 0.15) is 17.1 Å². The fourth-order valence-corrected chi connectivity index (χ4v) is 2.37. The van der Waals surface area contributed by atoms with Gasteiger partial charge in [0, 0.05) is 24.2 Å². The molecule has 0 unspecified atom stereocenters. The first kappa shape index (κ1) is 24.6. The molecule has 0 aliphatic rings. The summed E-state index contributed by atoms with van der Waals surface area (Å²) in [6.45, 7) is 11.2. The first-order valence-corrected chi connectivity index (χ1v) is 9.66. The molecule has 6 nitrogen and oxygen atoms in total. The quantitative estimate of drug-likeness (QED) is 0.428. The second-order valence-corrected chi connectivity index (χ2v) is 5.56. The molecule has 0 amide bonds. The lowest BCUT2D eigenvalue weighted by Gasteiger charge is -2.00. The zero-order valence-corrected chi connectivity index (χ0v) is 18.0. The van der Waals surface area contributed by atoms with Gasteiger partial charge in [-0.1, -0.05) is 33.8 Å². The molecule has 30 heavy (non-hydrogen) atoms. The van der Waals surface area contributed by atoms with E-state index in [9.17, 15) is 18.4 Å². The normalized spacial score (nSPS) is 9.60. The largest absolute Gasteiger partial charge is 0.294 e. The predicted molar refractivity (Wildman–Crippen MR) is 115 cm³/mol. The van der Waals surface area contributed by atoms with E-state index in [4.69, 9.17) is 0 Å². The lowest BCUT2D eigenvalue weighted by atomic mass is 10.4. The summed E-state index contributed by atoms with van der Waals surface area (Å²) in [7, 11) is 0. The Labute approximate surface area is 173 Å². The molecule has 4 rings (SSSR count). The molecule has 0 spiro atoms. The van der Waals surface area contributed by atoms with E-state index in [0.717, 1.165) is 6.20 Å². The van der Waals surface area contributed by atoms with Crippen molar-refractivity contribution in [3.05, 3.63) is 92.5 Å². The van der Waals surface area contributed by atoms with Crippen LogP contribution in [-0.2, 0) is 0 Å². The van der Waals surface area contributed by atoms with E-state index in [1.807, 2.05) is 27.7 Å². The smallest absolute Gasteiger partial charge is 0.269 e. The zero-order valence-electron chi connectivity index (χ0n) is 18.0. The van der Waals surface area contributed by atoms with Gasteiger partial charge in [0.05, 0.1) is 5.69 Å². The molecule has 0 aromatic carbocycles. The van der Waals surface area contributed by atoms with Gasteiger partial charge in [0.25, 0.3) is 11.1 Å². The maximum Gasteiger partial charge on any atom is 0.294 e. The molecule has 160 valence electrons. The van der Waals surface area contributed by atoms with Crippen LogP contribution in [0.15, 0.2) is 58.4 Å². The third kappa shape index (κ3) is 5.79. The summed E-state index contributed by atoms with van der Waals surface area (Å²) in [5.41, 5.74) is 0.788. The summed E-state index contributed by atoms with van der Waals surface area (Å²) >= 11 is 0. The maximum atomic E-state index is 13.1. The number of rotatable bonds is 0. The van der Waals surface area contributed by atoms with Crippen LogP contribution < -0.4 is 11.1 Å². The molecular formula is C22H26F2N4O2. The minimum Gasteiger partial charge on any atom is -0.269 e. The van der Waals surface area contributed by atoms with Gasteiger partial charge >= 0.3 is 0 Å². The average Bonchev–Trinajstić information content (AvgIpc) is 2.76. The van der Waals surface area contributed by atoms with E-state index in [0.29, 0.717) is 17.0 Å². The number of fused-ring (bicyclic) bond motifs is 2. The van der Waals surface area contributed by atoms with Gasteiger partial charge in [-0.15, -0.1) is 0 Å². The van der Waals surface area contributed by atoms with Crippen molar-refractivity contribution in [2.24, 2.45) is 0 Å². The molecule has 4 heterocycles. The van der Waals surface area contributed by atoms with Crippen LogP contribution in [0.5, 0.6) is 0 Å². The first-order valence-electron chi connectivity index (χ1n) is 9.66. The lowest BCUT2D eigenvalue weighted by molar-refractivity contribution is 0.586. The average molecular weight is 416 g/mol. The number of nitrogens with zero attached hydrogens (tertiary/aromatic N) is 4. The number of aryl methyl sites for hydroxylation is 2. The molecule has 0 atom stereocenters. The van der Waals surface area contributed by atoms with Crippen LogP contribution in [0.25, 0.3) is 11.3 Å². The Morgan fingerprint density at radius 2 is 1.47 bits per heavy atom. The van der Waals surface area contributed by atoms with Crippen LogP contribution in [0.3, 0.4) is 0 Å². The van der Waals surface area contributed by atoms with Gasteiger partial charge in [0.15, 0.2) is 0 Å². The van der Waals surface area contributed by atoms with Crippen molar-refractivity contribution in [3.63, 3.8) is 0 Å². The highest BCUT2D eigenvalue weighted by Gasteiger charge is 2.07. The molecule has 0 aliphatic heterocycles. The van der Waals surface area contributed by atoms with Crippen molar-refractivity contribution >= 4 is 11.3 Å². The monoisotopic (exact) mass is 416 g/mol. The summed E-state index contributed by atoms with van der Waals surface area (Å²) in [6, 6.07) is 9.19. The van der Waals surface area contributed by atoms with Crippen LogP contribution in [0, 0.1) is 25.5 Å². The highest BCUT2D eigenvalue weighted by Crippen LogP contribution is 2.01. The Balaban J connectivity index is 0.000000258. The van der Waals surface area contributed by atoms with Crippen LogP contribution in [0.4, 0.5) is 8.78 Å². The molecule has 0 bridgehead atoms. The number of halogens is 2. The van der Waals surface area contributed by atoms with E-state index in [-0.39, 0.29) is 11.3 Å². The standard InChI is InChI=1S/2C9H7FN2O.2C2H6/c1-6-4-9(13)12-5-7(10)2-3-8(12)11-6;1-6-8(10)9(13)12-5-3-2-4-7(12)11-6;2*1-2/h2*2-5H,1H3;2*1-2H3. The van der Waals surface area contributed by atoms with Gasteiger partial charge in [-0.3, -0.25) is 18.4 Å². The fourth-order valence-electron chi connectivity index (χ4n) is 2.37. The van der Waals surface area contributed by atoms with E-state index >= 15 is 0 Å². The van der Waals surface area contributed by atoms with E-state index in [2.05, 4.69) is 9.97 Å². The van der Waals surface area contributed by atoms with E-state index in [1.54, 1.807) is 25.1 Å². The third-order valence-corrected chi connectivity index (χ3v) is 3.60. The summed E-state index contributed by atoms with van der Waals surface area (Å²) in [6.07, 6.45) is 2.62. The molecule has 8 heteroatoms. The Morgan fingerprint density at radius 1 is 0.833 bits per heavy atom. The number of hydrogen-bond acceptors (Lipinski definition) is 4. The van der Waals surface area contributed by atoms with Crippen LogP contribution in [0.2, 0.25) is 0 Å². The van der Waals surface area contributed by atoms with Crippen LogP contribution in [-0.4, -0.2) is 18.8 Å². The minimum atomic E-state index is -0.788. The number of hydrogen-bond donors (Lipinski definition) is 0. The highest BCUT2D eigenvalue weighted by atomic mass is 19.1. The molecule has 4 aromatic rings. The summed E-state index contributed by atoms with van der Waals surface area (Å²) in [4.78, 5) is 30.6. The Bertz CT molecular complexity index is 1230. The second kappa shape index (κ2) is 11.5. The zero-order chi connectivity index (χ0) is 22.8. The van der Waals surface area contributed by atoms with Gasteiger partial charge in [-0.05, 0) is 38.1 Å². The molecule has 0 saturated heterocycles. The molecule has 0 N–H and O–H groups in total. The van der Waals surface area contributed by atoms with Crippen molar-refractivity contribution < 1.29 is 8.78 Å². The summed E-state index contributed by atoms with van der Waals surface area (Å²) in [5.74, 6) is -1.23. The molecule has 4 aromatic heterocycles. The minimum absolute atomic E-state index is 0.135. The van der Waals surface area contributed by atoms with Crippen LogP contribution in [0.1, 0.15) is 39.1 Å². The molecule has 0 fully saturated rings. The lowest BCUT2D eigenvalue weighted by Crippen LogP contribution is -2.19. The van der Waals surface area contributed by atoms with Crippen molar-refractivity contribution in [1.82, 2.24) is 18.8 Å². The van der Waals surface area contributed by atoms with Crippen molar-refractivity contribution in [1.29, 1.82) is 0 Å². The number of aromatic nitrogens is 4. The van der Waals surface area contributed by atoms with Gasteiger partial charge in [-0.25, -0.2) is 14.4 Å². The third-order valence-electron chi connectivity index (χ3n) is 3.60. The van der Waals surface area contributed by atoms with Crippen LogP contribution >= 0.6 is 0 Å². The Hall–Kier alpha value is -3.42. The topological polar surface area (TPSA) is 68.7 Å².